The number of halogens is 6. The third-order valence-electron chi connectivity index (χ3n) is 6.60. The van der Waals surface area contributed by atoms with Crippen LogP contribution in [-0.4, -0.2) is 65.6 Å². The molecule has 1 aromatic heterocycles. The van der Waals surface area contributed by atoms with Crippen LogP contribution in [0.4, 0.5) is 48.5 Å². The fraction of sp³-hybridized carbons (Fsp3) is 0.370. The third kappa shape index (κ3) is 8.00. The highest BCUT2D eigenvalue weighted by molar-refractivity contribution is 6.00. The monoisotopic (exact) mass is 597 g/mol. The highest BCUT2D eigenvalue weighted by Crippen LogP contribution is 2.42. The number of nitrogens with one attached hydrogen (secondary N) is 3. The van der Waals surface area contributed by atoms with Crippen LogP contribution >= 0.6 is 0 Å². The minimum Gasteiger partial charge on any atom is -0.439 e. The maximum absolute atomic E-state index is 14.0. The number of urea groups is 1. The molecule has 0 unspecified atom stereocenters. The number of likely N-dealkylation sites (N-methyl/N-ethyl adjacent to an activating group) is 1. The molecule has 1 aliphatic heterocycles. The summed E-state index contributed by atoms with van der Waals surface area (Å²) in [5.74, 6) is 0.950. The number of piperazine rings is 1. The number of hydrogen-bond donors (Lipinski definition) is 3. The van der Waals surface area contributed by atoms with E-state index in [0.29, 0.717) is 50.0 Å². The number of benzene rings is 2. The normalized spacial score (nSPS) is 14.9. The van der Waals surface area contributed by atoms with Gasteiger partial charge in [-0.3, -0.25) is 4.90 Å². The summed E-state index contributed by atoms with van der Waals surface area (Å²) >= 11 is 0. The Morgan fingerprint density at radius 1 is 0.881 bits per heavy atom. The van der Waals surface area contributed by atoms with Gasteiger partial charge in [0.1, 0.15) is 5.75 Å². The van der Waals surface area contributed by atoms with Crippen LogP contribution in [0.15, 0.2) is 48.7 Å². The maximum Gasteiger partial charge on any atom is 0.416 e. The molecule has 3 N–H and O–H groups in total. The fourth-order valence-corrected chi connectivity index (χ4v) is 4.45. The summed E-state index contributed by atoms with van der Waals surface area (Å²) in [5.41, 5.74) is -4.19. The molecule has 1 aliphatic rings. The van der Waals surface area contributed by atoms with Crippen molar-refractivity contribution in [2.75, 3.05) is 55.7 Å². The molecule has 0 radical (unpaired) electrons. The second-order valence-corrected chi connectivity index (χ2v) is 9.43. The Bertz CT molecular complexity index is 1340. The van der Waals surface area contributed by atoms with Crippen LogP contribution in [0.2, 0.25) is 0 Å². The van der Waals surface area contributed by atoms with Gasteiger partial charge in [-0.1, -0.05) is 6.92 Å². The Morgan fingerprint density at radius 3 is 2.00 bits per heavy atom. The molecule has 226 valence electrons. The topological polar surface area (TPSA) is 94.7 Å². The van der Waals surface area contributed by atoms with E-state index >= 15 is 0 Å². The summed E-state index contributed by atoms with van der Waals surface area (Å²) in [7, 11) is 1.64. The van der Waals surface area contributed by atoms with Gasteiger partial charge in [-0.2, -0.15) is 31.3 Å². The Balaban J connectivity index is 1.50. The van der Waals surface area contributed by atoms with Crippen molar-refractivity contribution >= 4 is 23.4 Å². The molecule has 4 rings (SSSR count). The first kappa shape index (κ1) is 30.8. The van der Waals surface area contributed by atoms with Crippen molar-refractivity contribution in [2.45, 2.75) is 25.8 Å². The second kappa shape index (κ2) is 12.8. The van der Waals surface area contributed by atoms with Gasteiger partial charge < -0.3 is 25.6 Å². The summed E-state index contributed by atoms with van der Waals surface area (Å²) in [6, 6.07) is 7.45. The molecule has 9 nitrogen and oxygen atoms in total. The number of anilines is 3. The SMILES string of the molecule is CCN1CCN(Cc2c(C(F)(F)F)cc(NC(=O)Nc3ccc(Oc4ccnc(NC)n4)cc3)cc2C(F)(F)F)CC1. The number of rotatable bonds is 8. The summed E-state index contributed by atoms with van der Waals surface area (Å²) in [6.45, 7) is 3.93. The number of amides is 2. The molecule has 0 aliphatic carbocycles. The van der Waals surface area contributed by atoms with Crippen molar-refractivity contribution in [3.63, 3.8) is 0 Å². The molecule has 2 heterocycles. The molecule has 2 aromatic carbocycles. The number of alkyl halides is 6. The van der Waals surface area contributed by atoms with Gasteiger partial charge in [-0.05, 0) is 48.5 Å². The van der Waals surface area contributed by atoms with E-state index in [1.54, 1.807) is 11.9 Å². The number of carbonyl (C=O) groups is 1. The first-order valence-electron chi connectivity index (χ1n) is 13.0. The lowest BCUT2D eigenvalue weighted by atomic mass is 9.97. The van der Waals surface area contributed by atoms with E-state index in [-0.39, 0.29) is 11.6 Å². The van der Waals surface area contributed by atoms with Crippen LogP contribution < -0.4 is 20.7 Å². The number of carbonyl (C=O) groups excluding carboxylic acids is 1. The largest absolute Gasteiger partial charge is 0.439 e. The zero-order valence-corrected chi connectivity index (χ0v) is 22.7. The van der Waals surface area contributed by atoms with Crippen LogP contribution in [-0.2, 0) is 18.9 Å². The van der Waals surface area contributed by atoms with Gasteiger partial charge in [0.2, 0.25) is 11.8 Å². The van der Waals surface area contributed by atoms with E-state index in [9.17, 15) is 31.1 Å². The number of ether oxygens (including phenoxy) is 1. The van der Waals surface area contributed by atoms with Crippen molar-refractivity contribution in [1.29, 1.82) is 0 Å². The Labute approximate surface area is 237 Å². The predicted octanol–water partition coefficient (Wildman–Crippen LogP) is 6.13. The van der Waals surface area contributed by atoms with Crippen LogP contribution in [0, 0.1) is 0 Å². The first-order valence-corrected chi connectivity index (χ1v) is 13.0. The van der Waals surface area contributed by atoms with Crippen molar-refractivity contribution in [3.8, 4) is 11.6 Å². The molecule has 0 spiro atoms. The van der Waals surface area contributed by atoms with Crippen LogP contribution in [0.5, 0.6) is 11.6 Å². The maximum atomic E-state index is 14.0. The molecular formula is C27H29F6N7O2. The number of nitrogens with zero attached hydrogens (tertiary/aromatic N) is 4. The smallest absolute Gasteiger partial charge is 0.416 e. The van der Waals surface area contributed by atoms with Gasteiger partial charge in [0.15, 0.2) is 0 Å². The second-order valence-electron chi connectivity index (χ2n) is 9.43. The van der Waals surface area contributed by atoms with E-state index in [2.05, 4.69) is 30.8 Å². The van der Waals surface area contributed by atoms with E-state index < -0.39 is 47.3 Å². The van der Waals surface area contributed by atoms with E-state index in [4.69, 9.17) is 4.74 Å². The zero-order valence-electron chi connectivity index (χ0n) is 22.7. The fourth-order valence-electron chi connectivity index (χ4n) is 4.45. The lowest BCUT2D eigenvalue weighted by Crippen LogP contribution is -2.46. The molecule has 0 bridgehead atoms. The average Bonchev–Trinajstić information content (AvgIpc) is 2.94. The van der Waals surface area contributed by atoms with Gasteiger partial charge in [-0.25, -0.2) is 9.78 Å². The molecular weight excluding hydrogens is 568 g/mol. The Kier molecular flexibility index (Phi) is 9.41. The van der Waals surface area contributed by atoms with E-state index in [1.807, 2.05) is 6.92 Å². The third-order valence-corrected chi connectivity index (χ3v) is 6.60. The molecule has 2 amide bonds. The van der Waals surface area contributed by atoms with E-state index in [0.717, 1.165) is 6.54 Å². The molecule has 0 saturated carbocycles. The zero-order chi connectivity index (χ0) is 30.5. The van der Waals surface area contributed by atoms with Crippen LogP contribution in [0.3, 0.4) is 0 Å². The van der Waals surface area contributed by atoms with Crippen molar-refractivity contribution in [1.82, 2.24) is 19.8 Å². The lowest BCUT2D eigenvalue weighted by molar-refractivity contribution is -0.144. The van der Waals surface area contributed by atoms with Crippen molar-refractivity contribution in [2.24, 2.45) is 0 Å². The predicted molar refractivity (Wildman–Crippen MR) is 145 cm³/mol. The Morgan fingerprint density at radius 2 is 1.45 bits per heavy atom. The molecule has 0 atom stereocenters. The van der Waals surface area contributed by atoms with Gasteiger partial charge in [0, 0.05) is 63.4 Å². The summed E-state index contributed by atoms with van der Waals surface area (Å²) in [5, 5.41) is 7.26. The number of hydrogen-bond acceptors (Lipinski definition) is 7. The van der Waals surface area contributed by atoms with Crippen LogP contribution in [0.1, 0.15) is 23.6 Å². The van der Waals surface area contributed by atoms with Gasteiger partial charge >= 0.3 is 18.4 Å². The van der Waals surface area contributed by atoms with E-state index in [1.165, 1.54) is 36.5 Å². The minimum atomic E-state index is -5.08. The van der Waals surface area contributed by atoms with Crippen molar-refractivity contribution in [3.05, 3.63) is 65.4 Å². The van der Waals surface area contributed by atoms with Gasteiger partial charge in [0.25, 0.3) is 0 Å². The van der Waals surface area contributed by atoms with Crippen molar-refractivity contribution < 1.29 is 35.9 Å². The summed E-state index contributed by atoms with van der Waals surface area (Å²) < 4.78 is 89.9. The molecule has 3 aromatic rings. The Hall–Kier alpha value is -4.11. The van der Waals surface area contributed by atoms with Gasteiger partial charge in [0.05, 0.1) is 11.1 Å². The highest BCUT2D eigenvalue weighted by Gasteiger charge is 2.42. The molecule has 1 fully saturated rings. The standard InChI is InChI=1S/C27H29F6N7O2/c1-3-39-10-12-40(13-11-39)16-20-21(26(28,29)30)14-18(15-22(20)27(31,32)33)37-25(41)36-17-4-6-19(7-5-17)42-23-8-9-35-24(34-2)38-23/h4-9,14-15H,3,10-13,16H2,1-2H3,(H,34,35,38)(H2,36,37,41). The molecule has 15 heteroatoms. The molecule has 1 saturated heterocycles. The number of aromatic nitrogens is 2. The average molecular weight is 598 g/mol. The van der Waals surface area contributed by atoms with Crippen LogP contribution in [0.25, 0.3) is 0 Å². The summed E-state index contributed by atoms with van der Waals surface area (Å²) in [4.78, 5) is 24.3. The minimum absolute atomic E-state index is 0.216. The first-order chi connectivity index (χ1) is 19.9. The molecule has 42 heavy (non-hydrogen) atoms. The highest BCUT2D eigenvalue weighted by atomic mass is 19.4. The lowest BCUT2D eigenvalue weighted by Gasteiger charge is -2.35. The quantitative estimate of drug-likeness (QED) is 0.269. The summed E-state index contributed by atoms with van der Waals surface area (Å²) in [6.07, 6.45) is -8.67. The van der Waals surface area contributed by atoms with Gasteiger partial charge in [-0.15, -0.1) is 0 Å².